The number of amides is 1. The molecule has 0 bridgehead atoms. The highest BCUT2D eigenvalue weighted by Gasteiger charge is 2.22. The van der Waals surface area contributed by atoms with Crippen LogP contribution in [0.5, 0.6) is 5.75 Å². The monoisotopic (exact) mass is 404 g/mol. The lowest BCUT2D eigenvalue weighted by Gasteiger charge is -2.23. The Morgan fingerprint density at radius 3 is 2.60 bits per heavy atom. The number of carbonyl (C=O) groups is 1. The fraction of sp³-hybridized carbons (Fsp3) is 0.346. The van der Waals surface area contributed by atoms with E-state index in [2.05, 4.69) is 34.9 Å². The number of fused-ring (bicyclic) bond motifs is 1. The van der Waals surface area contributed by atoms with Crippen molar-refractivity contribution in [3.05, 3.63) is 77.9 Å². The Labute approximate surface area is 179 Å². The third-order valence-corrected chi connectivity index (χ3v) is 5.70. The zero-order valence-electron chi connectivity index (χ0n) is 16.9. The zero-order chi connectivity index (χ0) is 20.1. The average Bonchev–Trinajstić information content (AvgIpc) is 3.26. The van der Waals surface area contributed by atoms with Crippen molar-refractivity contribution < 1.29 is 9.53 Å². The van der Waals surface area contributed by atoms with E-state index in [4.69, 9.17) is 4.74 Å². The Morgan fingerprint density at radius 2 is 1.87 bits per heavy atom. The maximum Gasteiger partial charge on any atom is 0.224 e. The highest BCUT2D eigenvalue weighted by molar-refractivity contribution is 5.86. The number of hydrogen-bond donors (Lipinski definition) is 2. The second kappa shape index (κ2) is 10.3. The SMILES string of the molecule is C.COc1ccc2cc(CC(=O)N[C@@H](CC3CCCN3)c3ccccc3)ccc2c1. The molecular weight excluding hydrogens is 372 g/mol. The van der Waals surface area contributed by atoms with E-state index < -0.39 is 0 Å². The number of ether oxygens (including phenoxy) is 1. The molecule has 4 heteroatoms. The number of benzene rings is 3. The first-order chi connectivity index (χ1) is 14.2. The molecule has 0 spiro atoms. The summed E-state index contributed by atoms with van der Waals surface area (Å²) in [5, 5.41) is 9.05. The van der Waals surface area contributed by atoms with E-state index in [0.717, 1.165) is 35.1 Å². The molecule has 4 rings (SSSR count). The van der Waals surface area contributed by atoms with Crippen molar-refractivity contribution in [1.29, 1.82) is 0 Å². The van der Waals surface area contributed by atoms with Crippen LogP contribution < -0.4 is 15.4 Å². The molecule has 4 nitrogen and oxygen atoms in total. The van der Waals surface area contributed by atoms with Crippen LogP contribution >= 0.6 is 0 Å². The molecule has 0 radical (unpaired) electrons. The molecule has 2 atom stereocenters. The van der Waals surface area contributed by atoms with Gasteiger partial charge in [0.05, 0.1) is 19.6 Å². The van der Waals surface area contributed by atoms with Gasteiger partial charge in [-0.15, -0.1) is 0 Å². The van der Waals surface area contributed by atoms with Gasteiger partial charge in [-0.05, 0) is 59.8 Å². The van der Waals surface area contributed by atoms with Crippen molar-refractivity contribution in [3.8, 4) is 5.75 Å². The van der Waals surface area contributed by atoms with Crippen molar-refractivity contribution in [3.63, 3.8) is 0 Å². The molecule has 3 aromatic carbocycles. The van der Waals surface area contributed by atoms with Crippen molar-refractivity contribution >= 4 is 16.7 Å². The van der Waals surface area contributed by atoms with Gasteiger partial charge in [0, 0.05) is 6.04 Å². The first kappa shape index (κ1) is 21.8. The van der Waals surface area contributed by atoms with E-state index in [1.165, 1.54) is 18.4 Å². The van der Waals surface area contributed by atoms with Crippen LogP contribution in [-0.2, 0) is 11.2 Å². The van der Waals surface area contributed by atoms with E-state index in [1.807, 2.05) is 42.5 Å². The van der Waals surface area contributed by atoms with Crippen LogP contribution in [0.3, 0.4) is 0 Å². The van der Waals surface area contributed by atoms with E-state index in [1.54, 1.807) is 7.11 Å². The number of methoxy groups -OCH3 is 1. The van der Waals surface area contributed by atoms with Crippen LogP contribution in [0, 0.1) is 0 Å². The number of rotatable bonds is 7. The molecular formula is C26H32N2O2. The van der Waals surface area contributed by atoms with Gasteiger partial charge in [-0.2, -0.15) is 0 Å². The fourth-order valence-corrected chi connectivity index (χ4v) is 4.15. The summed E-state index contributed by atoms with van der Waals surface area (Å²) in [7, 11) is 1.67. The van der Waals surface area contributed by atoms with Crippen LogP contribution in [0.1, 0.15) is 43.9 Å². The molecule has 3 aromatic rings. The summed E-state index contributed by atoms with van der Waals surface area (Å²) < 4.78 is 5.29. The van der Waals surface area contributed by atoms with Crippen LogP contribution in [0.15, 0.2) is 66.7 Å². The Balaban J connectivity index is 0.00000256. The maximum absolute atomic E-state index is 12.9. The van der Waals surface area contributed by atoms with E-state index in [0.29, 0.717) is 12.5 Å². The highest BCUT2D eigenvalue weighted by Crippen LogP contribution is 2.24. The summed E-state index contributed by atoms with van der Waals surface area (Å²) in [6.45, 7) is 1.07. The molecule has 158 valence electrons. The third-order valence-electron chi connectivity index (χ3n) is 5.70. The summed E-state index contributed by atoms with van der Waals surface area (Å²) in [6, 6.07) is 23.0. The highest BCUT2D eigenvalue weighted by atomic mass is 16.5. The lowest BCUT2D eigenvalue weighted by Crippen LogP contribution is -2.34. The van der Waals surface area contributed by atoms with Crippen molar-refractivity contribution in [1.82, 2.24) is 10.6 Å². The molecule has 30 heavy (non-hydrogen) atoms. The quantitative estimate of drug-likeness (QED) is 0.581. The predicted molar refractivity (Wildman–Crippen MR) is 124 cm³/mol. The summed E-state index contributed by atoms with van der Waals surface area (Å²) in [4.78, 5) is 12.9. The Bertz CT molecular complexity index is 965. The minimum Gasteiger partial charge on any atom is -0.497 e. The van der Waals surface area contributed by atoms with Crippen LogP contribution in [0.4, 0.5) is 0 Å². The van der Waals surface area contributed by atoms with Gasteiger partial charge in [-0.1, -0.05) is 62.0 Å². The molecule has 1 aliphatic rings. The molecule has 2 N–H and O–H groups in total. The maximum atomic E-state index is 12.9. The third kappa shape index (κ3) is 5.39. The summed E-state index contributed by atoms with van der Waals surface area (Å²) in [5.41, 5.74) is 2.19. The van der Waals surface area contributed by atoms with Gasteiger partial charge in [-0.25, -0.2) is 0 Å². The minimum atomic E-state index is 0. The van der Waals surface area contributed by atoms with E-state index >= 15 is 0 Å². The van der Waals surface area contributed by atoms with Gasteiger partial charge in [0.25, 0.3) is 0 Å². The Kier molecular flexibility index (Phi) is 7.47. The van der Waals surface area contributed by atoms with Gasteiger partial charge in [0.2, 0.25) is 5.91 Å². The van der Waals surface area contributed by atoms with Crippen LogP contribution in [0.25, 0.3) is 10.8 Å². The molecule has 0 saturated carbocycles. The topological polar surface area (TPSA) is 50.4 Å². The molecule has 1 aliphatic heterocycles. The molecule has 0 aliphatic carbocycles. The molecule has 1 fully saturated rings. The number of hydrogen-bond acceptors (Lipinski definition) is 3. The number of nitrogens with one attached hydrogen (secondary N) is 2. The lowest BCUT2D eigenvalue weighted by atomic mass is 9.97. The second-order valence-electron chi connectivity index (χ2n) is 7.78. The first-order valence-corrected chi connectivity index (χ1v) is 10.4. The van der Waals surface area contributed by atoms with Crippen molar-refractivity contribution in [2.24, 2.45) is 0 Å². The van der Waals surface area contributed by atoms with E-state index in [-0.39, 0.29) is 19.4 Å². The van der Waals surface area contributed by atoms with Gasteiger partial charge >= 0.3 is 0 Å². The van der Waals surface area contributed by atoms with Gasteiger partial charge < -0.3 is 15.4 Å². The largest absolute Gasteiger partial charge is 0.497 e. The summed E-state index contributed by atoms with van der Waals surface area (Å²) >= 11 is 0. The lowest BCUT2D eigenvalue weighted by molar-refractivity contribution is -0.121. The van der Waals surface area contributed by atoms with Gasteiger partial charge in [0.15, 0.2) is 0 Å². The standard InChI is InChI=1S/C25H28N2O2.CH4/c1-29-23-12-11-20-14-18(9-10-21(20)16-23)15-25(28)27-24(17-22-8-5-13-26-22)19-6-3-2-4-7-19;/h2-4,6-7,9-12,14,16,22,24,26H,5,8,13,15,17H2,1H3,(H,27,28);1H4/t22?,24-;/m0./s1. The Morgan fingerprint density at radius 1 is 1.10 bits per heavy atom. The zero-order valence-corrected chi connectivity index (χ0v) is 16.9. The average molecular weight is 405 g/mol. The molecule has 1 heterocycles. The van der Waals surface area contributed by atoms with Crippen LogP contribution in [-0.4, -0.2) is 25.6 Å². The van der Waals surface area contributed by atoms with Crippen molar-refractivity contribution in [2.45, 2.75) is 45.2 Å². The van der Waals surface area contributed by atoms with E-state index in [9.17, 15) is 4.79 Å². The summed E-state index contributed by atoms with van der Waals surface area (Å²) in [6.07, 6.45) is 3.69. The molecule has 0 aromatic heterocycles. The molecule has 1 unspecified atom stereocenters. The predicted octanol–water partition coefficient (Wildman–Crippen LogP) is 5.03. The minimum absolute atomic E-state index is 0. The second-order valence-corrected chi connectivity index (χ2v) is 7.78. The van der Waals surface area contributed by atoms with Gasteiger partial charge in [-0.3, -0.25) is 4.79 Å². The molecule has 1 amide bonds. The number of carbonyl (C=O) groups excluding carboxylic acids is 1. The normalized spacial score (nSPS) is 16.6. The Hall–Kier alpha value is -2.85. The van der Waals surface area contributed by atoms with Crippen LogP contribution in [0.2, 0.25) is 0 Å². The smallest absolute Gasteiger partial charge is 0.224 e. The molecule has 1 saturated heterocycles. The fourth-order valence-electron chi connectivity index (χ4n) is 4.15. The first-order valence-electron chi connectivity index (χ1n) is 10.4. The van der Waals surface area contributed by atoms with Crippen molar-refractivity contribution in [2.75, 3.05) is 13.7 Å². The van der Waals surface area contributed by atoms with Gasteiger partial charge in [0.1, 0.15) is 5.75 Å². The summed E-state index contributed by atoms with van der Waals surface area (Å²) in [5.74, 6) is 0.902.